The van der Waals surface area contributed by atoms with E-state index in [4.69, 9.17) is 9.47 Å². The molecule has 2 fully saturated rings. The molecule has 4 heteroatoms. The van der Waals surface area contributed by atoms with Gasteiger partial charge in [0.15, 0.2) is 0 Å². The van der Waals surface area contributed by atoms with E-state index in [9.17, 15) is 4.79 Å². The first-order chi connectivity index (χ1) is 7.64. The van der Waals surface area contributed by atoms with Crippen LogP contribution in [0, 0.1) is 5.41 Å². The van der Waals surface area contributed by atoms with Crippen molar-refractivity contribution < 1.29 is 14.3 Å². The Kier molecular flexibility index (Phi) is 3.50. The van der Waals surface area contributed by atoms with Gasteiger partial charge in [-0.15, -0.1) is 0 Å². The van der Waals surface area contributed by atoms with Crippen LogP contribution in [0.5, 0.6) is 0 Å². The lowest BCUT2D eigenvalue weighted by molar-refractivity contribution is -0.137. The maximum Gasteiger partial charge on any atom is 0.226 e. The highest BCUT2D eigenvalue weighted by Gasteiger charge is 2.38. The Morgan fingerprint density at radius 1 is 1.38 bits per heavy atom. The number of carbonyl (C=O) groups excluding carboxylic acids is 1. The minimum atomic E-state index is -0.226. The lowest BCUT2D eigenvalue weighted by atomic mass is 9.80. The van der Waals surface area contributed by atoms with E-state index in [1.54, 1.807) is 7.11 Å². The topological polar surface area (TPSA) is 47.6 Å². The van der Waals surface area contributed by atoms with E-state index in [1.807, 2.05) is 6.92 Å². The second-order valence-electron chi connectivity index (χ2n) is 5.17. The molecule has 2 aliphatic rings. The molecular formula is C12H21NO3. The van der Waals surface area contributed by atoms with Gasteiger partial charge >= 0.3 is 0 Å². The van der Waals surface area contributed by atoms with Crippen LogP contribution in [0.3, 0.4) is 0 Å². The van der Waals surface area contributed by atoms with Gasteiger partial charge in [0.1, 0.15) is 0 Å². The first-order valence-corrected chi connectivity index (χ1v) is 6.05. The van der Waals surface area contributed by atoms with Crippen molar-refractivity contribution in [1.82, 2.24) is 5.32 Å². The second kappa shape index (κ2) is 4.72. The Morgan fingerprint density at radius 2 is 2.00 bits per heavy atom. The molecule has 0 atom stereocenters. The van der Waals surface area contributed by atoms with Crippen molar-refractivity contribution in [2.24, 2.45) is 5.41 Å². The molecular weight excluding hydrogens is 206 g/mol. The van der Waals surface area contributed by atoms with Crippen molar-refractivity contribution in [3.63, 3.8) is 0 Å². The van der Waals surface area contributed by atoms with Crippen LogP contribution >= 0.6 is 0 Å². The maximum atomic E-state index is 12.1. The monoisotopic (exact) mass is 227 g/mol. The summed E-state index contributed by atoms with van der Waals surface area (Å²) in [7, 11) is 1.72. The van der Waals surface area contributed by atoms with Crippen molar-refractivity contribution in [3.05, 3.63) is 0 Å². The molecule has 0 unspecified atom stereocenters. The SMILES string of the molecule is COC1CC(NC(=O)C2(C)CCOCC2)C1. The minimum Gasteiger partial charge on any atom is -0.381 e. The average molecular weight is 227 g/mol. The van der Waals surface area contributed by atoms with Crippen LogP contribution < -0.4 is 5.32 Å². The maximum absolute atomic E-state index is 12.1. The lowest BCUT2D eigenvalue weighted by Gasteiger charge is -2.39. The molecule has 0 aromatic carbocycles. The van der Waals surface area contributed by atoms with Gasteiger partial charge < -0.3 is 14.8 Å². The van der Waals surface area contributed by atoms with Crippen LogP contribution in [0.1, 0.15) is 32.6 Å². The van der Waals surface area contributed by atoms with E-state index in [2.05, 4.69) is 5.32 Å². The van der Waals surface area contributed by atoms with Crippen molar-refractivity contribution in [3.8, 4) is 0 Å². The smallest absolute Gasteiger partial charge is 0.226 e. The van der Waals surface area contributed by atoms with E-state index in [0.29, 0.717) is 25.4 Å². The van der Waals surface area contributed by atoms with Crippen LogP contribution in [-0.4, -0.2) is 38.4 Å². The average Bonchev–Trinajstić information content (AvgIpc) is 2.23. The third-order valence-electron chi connectivity index (χ3n) is 3.91. The number of hydrogen-bond acceptors (Lipinski definition) is 3. The van der Waals surface area contributed by atoms with Crippen molar-refractivity contribution >= 4 is 5.91 Å². The van der Waals surface area contributed by atoms with Gasteiger partial charge in [-0.25, -0.2) is 0 Å². The fourth-order valence-electron chi connectivity index (χ4n) is 2.28. The molecule has 4 nitrogen and oxygen atoms in total. The highest BCUT2D eigenvalue weighted by Crippen LogP contribution is 2.31. The van der Waals surface area contributed by atoms with Crippen LogP contribution in [0.25, 0.3) is 0 Å². The fourth-order valence-corrected chi connectivity index (χ4v) is 2.28. The molecule has 2 rings (SSSR count). The third-order valence-corrected chi connectivity index (χ3v) is 3.91. The summed E-state index contributed by atoms with van der Waals surface area (Å²) in [5.74, 6) is 0.190. The van der Waals surface area contributed by atoms with Crippen molar-refractivity contribution in [1.29, 1.82) is 0 Å². The van der Waals surface area contributed by atoms with Crippen LogP contribution in [-0.2, 0) is 14.3 Å². The first kappa shape index (κ1) is 11.9. The quantitative estimate of drug-likeness (QED) is 0.785. The highest BCUT2D eigenvalue weighted by atomic mass is 16.5. The number of rotatable bonds is 3. The standard InChI is InChI=1S/C12H21NO3/c1-12(3-5-16-6-4-12)11(14)13-9-7-10(8-9)15-2/h9-10H,3-8H2,1-2H3,(H,13,14). The number of ether oxygens (including phenoxy) is 2. The minimum absolute atomic E-state index is 0.190. The Bertz CT molecular complexity index is 255. The molecule has 0 radical (unpaired) electrons. The Balaban J connectivity index is 1.79. The molecule has 1 saturated carbocycles. The van der Waals surface area contributed by atoms with Crippen LogP contribution in [0.4, 0.5) is 0 Å². The molecule has 1 aliphatic carbocycles. The normalized spacial score (nSPS) is 32.9. The van der Waals surface area contributed by atoms with Crippen LogP contribution in [0.15, 0.2) is 0 Å². The predicted octanol–water partition coefficient (Wildman–Crippen LogP) is 1.10. The summed E-state index contributed by atoms with van der Waals surface area (Å²) in [5.41, 5.74) is -0.226. The summed E-state index contributed by atoms with van der Waals surface area (Å²) < 4.78 is 10.5. The number of hydrogen-bond donors (Lipinski definition) is 1. The summed E-state index contributed by atoms with van der Waals surface area (Å²) >= 11 is 0. The van der Waals surface area contributed by atoms with E-state index >= 15 is 0 Å². The lowest BCUT2D eigenvalue weighted by Crippen LogP contribution is -2.52. The molecule has 0 aromatic rings. The summed E-state index contributed by atoms with van der Waals surface area (Å²) in [6, 6.07) is 0.317. The zero-order valence-electron chi connectivity index (χ0n) is 10.1. The number of amides is 1. The molecule has 0 spiro atoms. The molecule has 16 heavy (non-hydrogen) atoms. The van der Waals surface area contributed by atoms with E-state index in [0.717, 1.165) is 25.7 Å². The van der Waals surface area contributed by atoms with E-state index in [-0.39, 0.29) is 11.3 Å². The Labute approximate surface area is 96.7 Å². The van der Waals surface area contributed by atoms with E-state index in [1.165, 1.54) is 0 Å². The first-order valence-electron chi connectivity index (χ1n) is 6.05. The fraction of sp³-hybridized carbons (Fsp3) is 0.917. The molecule has 0 bridgehead atoms. The van der Waals surface area contributed by atoms with Crippen molar-refractivity contribution in [2.75, 3.05) is 20.3 Å². The zero-order chi connectivity index (χ0) is 11.6. The zero-order valence-corrected chi connectivity index (χ0v) is 10.1. The number of carbonyl (C=O) groups is 1. The molecule has 1 heterocycles. The molecule has 0 aromatic heterocycles. The van der Waals surface area contributed by atoms with Crippen LogP contribution in [0.2, 0.25) is 0 Å². The van der Waals surface area contributed by atoms with Gasteiger partial charge in [0.2, 0.25) is 5.91 Å². The predicted molar refractivity (Wildman–Crippen MR) is 60.1 cm³/mol. The second-order valence-corrected chi connectivity index (χ2v) is 5.17. The number of nitrogens with one attached hydrogen (secondary N) is 1. The van der Waals surface area contributed by atoms with Crippen molar-refractivity contribution in [2.45, 2.75) is 44.8 Å². The van der Waals surface area contributed by atoms with E-state index < -0.39 is 0 Å². The Morgan fingerprint density at radius 3 is 2.56 bits per heavy atom. The third kappa shape index (κ3) is 2.38. The van der Waals surface area contributed by atoms with Gasteiger partial charge in [0.05, 0.1) is 11.5 Å². The molecule has 1 amide bonds. The highest BCUT2D eigenvalue weighted by molar-refractivity contribution is 5.82. The summed E-state index contributed by atoms with van der Waals surface area (Å²) in [4.78, 5) is 12.1. The molecule has 1 N–H and O–H groups in total. The Hall–Kier alpha value is -0.610. The van der Waals surface area contributed by atoms with Gasteiger partial charge in [-0.1, -0.05) is 6.92 Å². The molecule has 1 aliphatic heterocycles. The summed E-state index contributed by atoms with van der Waals surface area (Å²) in [6.45, 7) is 3.45. The summed E-state index contributed by atoms with van der Waals surface area (Å²) in [6.07, 6.45) is 3.91. The molecule has 92 valence electrons. The largest absolute Gasteiger partial charge is 0.381 e. The van der Waals surface area contributed by atoms with Gasteiger partial charge in [-0.05, 0) is 25.7 Å². The molecule has 1 saturated heterocycles. The van der Waals surface area contributed by atoms with Gasteiger partial charge in [0, 0.05) is 26.4 Å². The summed E-state index contributed by atoms with van der Waals surface area (Å²) in [5, 5.41) is 3.12. The van der Waals surface area contributed by atoms with Gasteiger partial charge in [-0.3, -0.25) is 4.79 Å². The van der Waals surface area contributed by atoms with Gasteiger partial charge in [-0.2, -0.15) is 0 Å². The van der Waals surface area contributed by atoms with Gasteiger partial charge in [0.25, 0.3) is 0 Å². The number of methoxy groups -OCH3 is 1.